The molecular weight excluding hydrogens is 318 g/mol. The molecule has 1 N–H and O–H groups in total. The van der Waals surface area contributed by atoms with Crippen molar-refractivity contribution in [2.24, 2.45) is 0 Å². The summed E-state index contributed by atoms with van der Waals surface area (Å²) in [5.74, 6) is 0.184. The number of piperazine rings is 1. The zero-order chi connectivity index (χ0) is 18.1. The zero-order valence-electron chi connectivity index (χ0n) is 15.2. The highest BCUT2D eigenvalue weighted by Gasteiger charge is 2.24. The lowest BCUT2D eigenvalue weighted by Crippen LogP contribution is -2.54. The van der Waals surface area contributed by atoms with Crippen LogP contribution in [0.5, 0.6) is 0 Å². The van der Waals surface area contributed by atoms with E-state index >= 15 is 0 Å². The Morgan fingerprint density at radius 1 is 1.12 bits per heavy atom. The lowest BCUT2D eigenvalue weighted by molar-refractivity contribution is -0.132. The number of methoxy groups -OCH3 is 1. The van der Waals surface area contributed by atoms with E-state index in [1.165, 1.54) is 5.56 Å². The van der Waals surface area contributed by atoms with E-state index in [1.54, 1.807) is 12.0 Å². The number of nitrogens with zero attached hydrogens (tertiary/aromatic N) is 2. The first-order valence-electron chi connectivity index (χ1n) is 8.96. The number of hydrogen-bond acceptors (Lipinski definition) is 3. The van der Waals surface area contributed by atoms with Gasteiger partial charge in [-0.25, -0.2) is 4.79 Å². The van der Waals surface area contributed by atoms with Crippen LogP contribution in [0.25, 0.3) is 0 Å². The zero-order valence-corrected chi connectivity index (χ0v) is 15.2. The molecule has 138 valence electrons. The van der Waals surface area contributed by atoms with Gasteiger partial charge in [-0.3, -0.25) is 4.79 Å². The van der Waals surface area contributed by atoms with Crippen LogP contribution in [0, 0.1) is 0 Å². The highest BCUT2D eigenvalue weighted by molar-refractivity contribution is 5.77. The van der Waals surface area contributed by atoms with Crippen molar-refractivity contribution in [2.75, 3.05) is 39.9 Å². The Morgan fingerprint density at radius 2 is 1.76 bits per heavy atom. The second kappa shape index (κ2) is 10.0. The van der Waals surface area contributed by atoms with Crippen LogP contribution in [0.1, 0.15) is 25.3 Å². The van der Waals surface area contributed by atoms with Crippen molar-refractivity contribution in [3.8, 4) is 0 Å². The first kappa shape index (κ1) is 19.2. The third-order valence-electron chi connectivity index (χ3n) is 4.41. The van der Waals surface area contributed by atoms with Crippen LogP contribution in [0.4, 0.5) is 4.79 Å². The monoisotopic (exact) mass is 347 g/mol. The number of hydrogen-bond donors (Lipinski definition) is 1. The van der Waals surface area contributed by atoms with Crippen LogP contribution >= 0.6 is 0 Å². The maximum atomic E-state index is 12.3. The van der Waals surface area contributed by atoms with Crippen molar-refractivity contribution >= 4 is 11.9 Å². The fourth-order valence-corrected chi connectivity index (χ4v) is 3.00. The molecule has 1 aromatic carbocycles. The van der Waals surface area contributed by atoms with E-state index in [2.05, 4.69) is 17.4 Å². The average molecular weight is 347 g/mol. The molecule has 1 fully saturated rings. The van der Waals surface area contributed by atoms with Gasteiger partial charge in [-0.2, -0.15) is 0 Å². The molecular formula is C19H29N3O3. The summed E-state index contributed by atoms with van der Waals surface area (Å²) in [7, 11) is 1.62. The summed E-state index contributed by atoms with van der Waals surface area (Å²) in [6, 6.07) is 10.1. The van der Waals surface area contributed by atoms with E-state index in [4.69, 9.17) is 4.74 Å². The Bertz CT molecular complexity index is 542. The predicted octanol–water partition coefficient (Wildman–Crippen LogP) is 1.90. The number of carbonyl (C=O) groups excluding carboxylic acids is 2. The highest BCUT2D eigenvalue weighted by atomic mass is 16.5. The number of rotatable bonds is 7. The van der Waals surface area contributed by atoms with Crippen molar-refractivity contribution in [2.45, 2.75) is 32.2 Å². The molecule has 0 bridgehead atoms. The van der Waals surface area contributed by atoms with E-state index in [-0.39, 0.29) is 18.0 Å². The van der Waals surface area contributed by atoms with Gasteiger partial charge in [0.1, 0.15) is 0 Å². The fourth-order valence-electron chi connectivity index (χ4n) is 3.00. The molecule has 1 aliphatic rings. The lowest BCUT2D eigenvalue weighted by atomic mass is 10.1. The second-order valence-electron chi connectivity index (χ2n) is 6.51. The second-order valence-corrected chi connectivity index (χ2v) is 6.51. The van der Waals surface area contributed by atoms with Crippen LogP contribution in [0.2, 0.25) is 0 Å². The number of urea groups is 1. The highest BCUT2D eigenvalue weighted by Crippen LogP contribution is 2.09. The predicted molar refractivity (Wildman–Crippen MR) is 97.4 cm³/mol. The molecule has 1 saturated heterocycles. The number of amides is 3. The molecule has 0 aliphatic carbocycles. The Balaban J connectivity index is 1.66. The van der Waals surface area contributed by atoms with Gasteiger partial charge >= 0.3 is 6.03 Å². The van der Waals surface area contributed by atoms with E-state index < -0.39 is 0 Å². The van der Waals surface area contributed by atoms with E-state index in [0.717, 1.165) is 12.8 Å². The van der Waals surface area contributed by atoms with E-state index in [9.17, 15) is 9.59 Å². The van der Waals surface area contributed by atoms with Crippen molar-refractivity contribution < 1.29 is 14.3 Å². The topological polar surface area (TPSA) is 61.9 Å². The van der Waals surface area contributed by atoms with Gasteiger partial charge in [-0.1, -0.05) is 30.3 Å². The lowest BCUT2D eigenvalue weighted by Gasteiger charge is -2.35. The molecule has 0 spiro atoms. The summed E-state index contributed by atoms with van der Waals surface area (Å²) < 4.78 is 5.02. The summed E-state index contributed by atoms with van der Waals surface area (Å²) in [5, 5.41) is 2.91. The Labute approximate surface area is 150 Å². The fraction of sp³-hybridized carbons (Fsp3) is 0.579. The molecule has 6 nitrogen and oxygen atoms in total. The molecule has 6 heteroatoms. The number of carbonyl (C=O) groups is 2. The molecule has 1 aliphatic heterocycles. The minimum atomic E-state index is -0.0827. The first-order chi connectivity index (χ1) is 12.1. The molecule has 1 atom stereocenters. The normalized spacial score (nSPS) is 15.8. The maximum Gasteiger partial charge on any atom is 0.317 e. The summed E-state index contributed by atoms with van der Waals surface area (Å²) in [6.45, 7) is 4.78. The summed E-state index contributed by atoms with van der Waals surface area (Å²) in [6.07, 6.45) is 2.34. The maximum absolute atomic E-state index is 12.3. The van der Waals surface area contributed by atoms with Crippen molar-refractivity contribution in [3.05, 3.63) is 35.9 Å². The molecule has 0 saturated carbocycles. The number of nitrogens with one attached hydrogen (secondary N) is 1. The minimum Gasteiger partial charge on any atom is -0.383 e. The van der Waals surface area contributed by atoms with Gasteiger partial charge in [0.15, 0.2) is 0 Å². The quantitative estimate of drug-likeness (QED) is 0.819. The molecule has 0 radical (unpaired) electrons. The molecule has 25 heavy (non-hydrogen) atoms. The third-order valence-corrected chi connectivity index (χ3v) is 4.41. The Hall–Kier alpha value is -2.08. The van der Waals surface area contributed by atoms with E-state index in [0.29, 0.717) is 39.2 Å². The van der Waals surface area contributed by atoms with Gasteiger partial charge in [0.25, 0.3) is 0 Å². The van der Waals surface area contributed by atoms with Gasteiger partial charge < -0.3 is 19.9 Å². The summed E-state index contributed by atoms with van der Waals surface area (Å²) >= 11 is 0. The summed E-state index contributed by atoms with van der Waals surface area (Å²) in [5.41, 5.74) is 1.27. The number of aryl methyl sites for hydroxylation is 1. The van der Waals surface area contributed by atoms with Gasteiger partial charge in [-0.05, 0) is 25.3 Å². The van der Waals surface area contributed by atoms with Gasteiger partial charge in [-0.15, -0.1) is 0 Å². The molecule has 2 rings (SSSR count). The van der Waals surface area contributed by atoms with Crippen LogP contribution in [-0.2, 0) is 16.0 Å². The van der Waals surface area contributed by atoms with Gasteiger partial charge in [0.05, 0.1) is 12.6 Å². The van der Waals surface area contributed by atoms with Gasteiger partial charge in [0.2, 0.25) is 5.91 Å². The Morgan fingerprint density at radius 3 is 2.40 bits per heavy atom. The van der Waals surface area contributed by atoms with Crippen molar-refractivity contribution in [3.63, 3.8) is 0 Å². The smallest absolute Gasteiger partial charge is 0.317 e. The average Bonchev–Trinajstić information content (AvgIpc) is 2.63. The standard InChI is InChI=1S/C19H29N3O3/c1-16(15-25-2)20-19(24)22-13-11-21(12-14-22)18(23)10-6-9-17-7-4-3-5-8-17/h3-5,7-8,16H,6,9-15H2,1-2H3,(H,20,24). The van der Waals surface area contributed by atoms with Crippen molar-refractivity contribution in [1.29, 1.82) is 0 Å². The molecule has 3 amide bonds. The Kier molecular flexibility index (Phi) is 7.73. The largest absolute Gasteiger partial charge is 0.383 e. The van der Waals surface area contributed by atoms with Crippen molar-refractivity contribution in [1.82, 2.24) is 15.1 Å². The minimum absolute atomic E-state index is 0.0184. The number of ether oxygens (including phenoxy) is 1. The molecule has 1 heterocycles. The third kappa shape index (κ3) is 6.38. The van der Waals surface area contributed by atoms with Crippen LogP contribution in [-0.4, -0.2) is 67.7 Å². The molecule has 1 aromatic rings. The first-order valence-corrected chi connectivity index (χ1v) is 8.96. The summed E-state index contributed by atoms with van der Waals surface area (Å²) in [4.78, 5) is 28.1. The van der Waals surface area contributed by atoms with E-state index in [1.807, 2.05) is 30.0 Å². The molecule has 0 aromatic heterocycles. The van der Waals surface area contributed by atoms with Crippen LogP contribution in [0.15, 0.2) is 30.3 Å². The van der Waals surface area contributed by atoms with Gasteiger partial charge in [0, 0.05) is 39.7 Å². The molecule has 1 unspecified atom stereocenters. The van der Waals surface area contributed by atoms with Crippen LogP contribution < -0.4 is 5.32 Å². The SMILES string of the molecule is COCC(C)NC(=O)N1CCN(C(=O)CCCc2ccccc2)CC1. The van der Waals surface area contributed by atoms with Crippen LogP contribution in [0.3, 0.4) is 0 Å². The number of benzene rings is 1.